The fourth-order valence-electron chi connectivity index (χ4n) is 7.34. The van der Waals surface area contributed by atoms with Crippen LogP contribution >= 0.6 is 11.6 Å². The molecule has 0 saturated carbocycles. The van der Waals surface area contributed by atoms with Gasteiger partial charge in [0, 0.05) is 26.1 Å². The first-order chi connectivity index (χ1) is 31.6. The summed E-state index contributed by atoms with van der Waals surface area (Å²) in [6.45, 7) is 2.59. The fraction of sp³-hybridized carbons (Fsp3) is 0.478. The highest BCUT2D eigenvalue weighted by Crippen LogP contribution is 2.22. The van der Waals surface area contributed by atoms with Gasteiger partial charge in [-0.15, -0.1) is 0 Å². The molecule has 0 radical (unpaired) electrons. The van der Waals surface area contributed by atoms with Crippen molar-refractivity contribution in [3.63, 3.8) is 0 Å². The molecule has 19 nitrogen and oxygen atoms in total. The Labute approximate surface area is 389 Å². The Kier molecular flexibility index (Phi) is 21.7. The molecule has 4 aromatic rings. The van der Waals surface area contributed by atoms with Gasteiger partial charge in [0.1, 0.15) is 31.0 Å². The van der Waals surface area contributed by atoms with Gasteiger partial charge in [-0.05, 0) is 72.7 Å². The molecule has 66 heavy (non-hydrogen) atoms. The van der Waals surface area contributed by atoms with Crippen molar-refractivity contribution in [3.05, 3.63) is 94.3 Å². The predicted octanol–water partition coefficient (Wildman–Crippen LogP) is 2.47. The van der Waals surface area contributed by atoms with Crippen LogP contribution in [0.4, 0.5) is 16.4 Å². The fourth-order valence-corrected chi connectivity index (χ4v) is 7.47. The van der Waals surface area contributed by atoms with E-state index in [0.29, 0.717) is 32.5 Å². The van der Waals surface area contributed by atoms with E-state index in [-0.39, 0.29) is 54.6 Å². The number of rotatable bonds is 27. The second-order valence-corrected chi connectivity index (χ2v) is 16.6. The third-order valence-corrected chi connectivity index (χ3v) is 11.3. The zero-order valence-electron chi connectivity index (χ0n) is 37.3. The van der Waals surface area contributed by atoms with Crippen LogP contribution in [0.25, 0.3) is 10.8 Å². The van der Waals surface area contributed by atoms with E-state index in [9.17, 15) is 39.9 Å². The summed E-state index contributed by atoms with van der Waals surface area (Å²) in [6.07, 6.45) is -0.854. The van der Waals surface area contributed by atoms with Crippen molar-refractivity contribution in [1.82, 2.24) is 30.4 Å². The number of unbranched alkanes of at least 4 members (excludes halogenated alkanes) is 4. The van der Waals surface area contributed by atoms with E-state index in [4.69, 9.17) is 38.9 Å². The van der Waals surface area contributed by atoms with E-state index in [1.807, 2.05) is 65.6 Å². The van der Waals surface area contributed by atoms with Gasteiger partial charge < -0.3 is 57.7 Å². The number of aliphatic hydroxyl groups excluding tert-OH is 5. The molecule has 0 aliphatic carbocycles. The quantitative estimate of drug-likeness (QED) is 0.0233. The number of nitrogen functional groups attached to an aromatic ring is 2. The van der Waals surface area contributed by atoms with Crippen molar-refractivity contribution in [2.45, 2.75) is 102 Å². The lowest BCUT2D eigenvalue weighted by atomic mass is 9.98. The average Bonchev–Trinajstić information content (AvgIpc) is 3.30. The number of nitrogens with two attached hydrogens (primary N) is 3. The van der Waals surface area contributed by atoms with Gasteiger partial charge in [-0.3, -0.25) is 25.2 Å². The van der Waals surface area contributed by atoms with Crippen LogP contribution in [0.15, 0.2) is 66.7 Å². The zero-order chi connectivity index (χ0) is 48.2. The Balaban J connectivity index is 1.39. The largest absolute Gasteiger partial charge is 0.445 e. The average molecular weight is 938 g/mol. The standard InChI is InChI=1S/C46H65ClN10O9/c1-2-3-4-10-20-56(26-35(59)38(61)39(62)36(60)27-58)21-11-22-57(46(65)66-28-30-13-6-5-7-14-30)34(43(50)63)25-31-16-18-32-23-29(15-17-33(32)24-31)12-8-9-19-52-45(51)55-44(64)37-41(48)54-42(49)40(47)53-37/h5-7,13-18,23-24,34-36,38-39,58-62H,2-4,8-12,19-22,25-28H2,1H3,(H2,50,63)(H4,48,49,54)(H3,51,52,55,64)/t34-,35-,36+,38+,39+/m0/s1. The number of halogens is 1. The first-order valence-electron chi connectivity index (χ1n) is 22.2. The number of fused-ring (bicyclic) bond motifs is 1. The van der Waals surface area contributed by atoms with Crippen molar-refractivity contribution in [1.29, 1.82) is 5.41 Å². The number of hydrogen-bond acceptors (Lipinski definition) is 15. The SMILES string of the molecule is CCCCCCN(CCCN(C(=O)OCc1ccccc1)[C@@H](Cc1ccc2cc(CCCCNC(=N)NC(=O)c3nc(Cl)c(N)nc3N)ccc2c1)C(N)=O)C[C@H](O)[C@@H](O)[C@H](O)[C@H](O)CO. The Morgan fingerprint density at radius 1 is 0.803 bits per heavy atom. The van der Waals surface area contributed by atoms with E-state index in [2.05, 4.69) is 33.6 Å². The van der Waals surface area contributed by atoms with E-state index in [1.54, 1.807) is 0 Å². The summed E-state index contributed by atoms with van der Waals surface area (Å²) in [4.78, 5) is 50.4. The maximum Gasteiger partial charge on any atom is 0.410 e. The van der Waals surface area contributed by atoms with Gasteiger partial charge in [-0.2, -0.15) is 0 Å². The lowest BCUT2D eigenvalue weighted by molar-refractivity contribution is -0.123. The summed E-state index contributed by atoms with van der Waals surface area (Å²) < 4.78 is 5.72. The van der Waals surface area contributed by atoms with Gasteiger partial charge in [-0.25, -0.2) is 14.8 Å². The highest BCUT2D eigenvalue weighted by molar-refractivity contribution is 6.31. The second kappa shape index (κ2) is 27.1. The summed E-state index contributed by atoms with van der Waals surface area (Å²) in [5.74, 6) is -2.01. The third kappa shape index (κ3) is 16.6. The van der Waals surface area contributed by atoms with Crippen LogP contribution in [0, 0.1) is 5.41 Å². The summed E-state index contributed by atoms with van der Waals surface area (Å²) in [6, 6.07) is 20.0. The topological polar surface area (TPSA) is 320 Å². The van der Waals surface area contributed by atoms with E-state index in [0.717, 1.165) is 66.0 Å². The molecule has 3 amide bonds. The molecule has 14 N–H and O–H groups in total. The Hall–Kier alpha value is -5.67. The van der Waals surface area contributed by atoms with Gasteiger partial charge in [0.25, 0.3) is 5.91 Å². The molecule has 0 aliphatic rings. The number of guanidine groups is 1. The van der Waals surface area contributed by atoms with Crippen LogP contribution in [0.5, 0.6) is 0 Å². The maximum absolute atomic E-state index is 13.8. The summed E-state index contributed by atoms with van der Waals surface area (Å²) in [5, 5.41) is 65.6. The van der Waals surface area contributed by atoms with Crippen LogP contribution in [-0.2, 0) is 29.0 Å². The number of nitrogens with zero attached hydrogens (tertiary/aromatic N) is 4. The van der Waals surface area contributed by atoms with Gasteiger partial charge in [0.05, 0.1) is 12.7 Å². The van der Waals surface area contributed by atoms with Crippen molar-refractivity contribution in [2.75, 3.05) is 50.8 Å². The van der Waals surface area contributed by atoms with Crippen molar-refractivity contribution < 1.29 is 44.7 Å². The van der Waals surface area contributed by atoms with Crippen molar-refractivity contribution in [2.24, 2.45) is 5.73 Å². The molecule has 4 rings (SSSR count). The van der Waals surface area contributed by atoms with Gasteiger partial charge >= 0.3 is 6.09 Å². The Morgan fingerprint density at radius 2 is 1.47 bits per heavy atom. The van der Waals surface area contributed by atoms with Crippen LogP contribution in [0.2, 0.25) is 5.15 Å². The molecule has 0 aliphatic heterocycles. The van der Waals surface area contributed by atoms with Crippen LogP contribution in [-0.4, -0.2) is 139 Å². The highest BCUT2D eigenvalue weighted by Gasteiger charge is 2.32. The van der Waals surface area contributed by atoms with Gasteiger partial charge in [0.2, 0.25) is 5.91 Å². The Bertz CT molecular complexity index is 2190. The van der Waals surface area contributed by atoms with Gasteiger partial charge in [0.15, 0.2) is 28.4 Å². The lowest BCUT2D eigenvalue weighted by Crippen LogP contribution is -2.51. The number of aromatic nitrogens is 2. The predicted molar refractivity (Wildman–Crippen MR) is 252 cm³/mol. The molecule has 0 bridgehead atoms. The van der Waals surface area contributed by atoms with Crippen LogP contribution in [0.3, 0.4) is 0 Å². The highest BCUT2D eigenvalue weighted by atomic mass is 35.5. The number of carbonyl (C=O) groups excluding carboxylic acids is 3. The molecular weight excluding hydrogens is 872 g/mol. The third-order valence-electron chi connectivity index (χ3n) is 11.1. The maximum atomic E-state index is 13.8. The number of ether oxygens (including phenoxy) is 1. The lowest BCUT2D eigenvalue weighted by Gasteiger charge is -2.32. The number of benzene rings is 3. The molecule has 1 aromatic heterocycles. The molecule has 0 fully saturated rings. The Morgan fingerprint density at radius 3 is 2.15 bits per heavy atom. The molecule has 0 unspecified atom stereocenters. The zero-order valence-corrected chi connectivity index (χ0v) is 38.1. The monoisotopic (exact) mass is 936 g/mol. The van der Waals surface area contributed by atoms with E-state index >= 15 is 0 Å². The molecule has 360 valence electrons. The molecule has 5 atom stereocenters. The minimum Gasteiger partial charge on any atom is -0.445 e. The first-order valence-corrected chi connectivity index (χ1v) is 22.5. The number of carbonyl (C=O) groups is 3. The number of anilines is 2. The van der Waals surface area contributed by atoms with Crippen LogP contribution < -0.4 is 27.8 Å². The number of primary amides is 1. The molecule has 3 aromatic carbocycles. The molecule has 0 saturated heterocycles. The molecular formula is C46H65ClN10O9. The number of aryl methyl sites for hydroxylation is 1. The van der Waals surface area contributed by atoms with E-state index in [1.165, 1.54) is 4.90 Å². The molecule has 20 heteroatoms. The number of nitrogens with one attached hydrogen (secondary N) is 3. The number of aliphatic hydroxyl groups is 5. The summed E-state index contributed by atoms with van der Waals surface area (Å²) in [5.41, 5.74) is 19.7. The second-order valence-electron chi connectivity index (χ2n) is 16.2. The number of amides is 3. The smallest absolute Gasteiger partial charge is 0.410 e. The van der Waals surface area contributed by atoms with Crippen LogP contribution in [0.1, 0.15) is 79.0 Å². The van der Waals surface area contributed by atoms with E-state index < -0.39 is 55.0 Å². The van der Waals surface area contributed by atoms with Gasteiger partial charge in [-0.1, -0.05) is 105 Å². The summed E-state index contributed by atoms with van der Waals surface area (Å²) >= 11 is 5.85. The number of hydrogen-bond donors (Lipinski definition) is 11. The van der Waals surface area contributed by atoms with Crippen molar-refractivity contribution in [3.8, 4) is 0 Å². The first kappa shape index (κ1) is 52.9. The molecule has 0 spiro atoms. The minimum atomic E-state index is -1.76. The minimum absolute atomic E-state index is 0.0264. The van der Waals surface area contributed by atoms with Crippen molar-refractivity contribution >= 4 is 57.9 Å². The summed E-state index contributed by atoms with van der Waals surface area (Å²) in [7, 11) is 0. The molecule has 1 heterocycles. The normalized spacial score (nSPS) is 13.7.